The molecule has 0 saturated carbocycles. The van der Waals surface area contributed by atoms with E-state index < -0.39 is 6.10 Å². The lowest BCUT2D eigenvalue weighted by atomic mass is 10.1. The van der Waals surface area contributed by atoms with E-state index in [9.17, 15) is 9.90 Å². The maximum absolute atomic E-state index is 10.1. The lowest BCUT2D eigenvalue weighted by Crippen LogP contribution is -2.01. The molecular weight excluding hydrogens is 212 g/mol. The molecule has 1 atom stereocenters. The van der Waals surface area contributed by atoms with Gasteiger partial charge in [-0.1, -0.05) is 37.7 Å². The van der Waals surface area contributed by atoms with Crippen LogP contribution in [0.15, 0.2) is 12.2 Å². The Hall–Kier alpha value is -1.07. The minimum absolute atomic E-state index is 0.485. The minimum Gasteiger partial charge on any atom is -0.380 e. The highest BCUT2D eigenvalue weighted by molar-refractivity contribution is 5.48. The largest absolute Gasteiger partial charge is 0.380 e. The molecule has 0 heterocycles. The van der Waals surface area contributed by atoms with Gasteiger partial charge < -0.3 is 9.90 Å². The van der Waals surface area contributed by atoms with Gasteiger partial charge in [0.05, 0.1) is 0 Å². The van der Waals surface area contributed by atoms with Crippen molar-refractivity contribution < 1.29 is 9.90 Å². The summed E-state index contributed by atoms with van der Waals surface area (Å²) in [7, 11) is 0. The third-order valence-electron chi connectivity index (χ3n) is 2.48. The number of aliphatic hydroxyl groups is 1. The van der Waals surface area contributed by atoms with Crippen molar-refractivity contribution >= 4 is 6.29 Å². The van der Waals surface area contributed by atoms with Crippen molar-refractivity contribution in [1.82, 2.24) is 0 Å². The van der Waals surface area contributed by atoms with Crippen molar-refractivity contribution in [2.45, 2.75) is 64.4 Å². The Bertz CT molecular complexity index is 258. The van der Waals surface area contributed by atoms with Crippen molar-refractivity contribution in [3.05, 3.63) is 12.2 Å². The molecule has 0 aromatic rings. The Morgan fingerprint density at radius 3 is 2.65 bits per heavy atom. The van der Waals surface area contributed by atoms with Gasteiger partial charge >= 0.3 is 0 Å². The zero-order valence-corrected chi connectivity index (χ0v) is 10.8. The molecule has 0 aromatic carbocycles. The molecule has 0 aliphatic heterocycles. The minimum atomic E-state index is -0.485. The predicted octanol–water partition coefficient (Wildman–Crippen LogP) is 3.25. The van der Waals surface area contributed by atoms with Crippen molar-refractivity contribution in [3.63, 3.8) is 0 Å². The van der Waals surface area contributed by atoms with Crippen LogP contribution in [0.1, 0.15) is 58.3 Å². The van der Waals surface area contributed by atoms with Gasteiger partial charge in [-0.05, 0) is 38.2 Å². The topological polar surface area (TPSA) is 37.3 Å². The predicted molar refractivity (Wildman–Crippen MR) is 71.6 cm³/mol. The van der Waals surface area contributed by atoms with Crippen LogP contribution in [0.25, 0.3) is 0 Å². The lowest BCUT2D eigenvalue weighted by Gasteiger charge is -2.00. The van der Waals surface area contributed by atoms with Gasteiger partial charge in [0.1, 0.15) is 12.4 Å². The van der Waals surface area contributed by atoms with Crippen molar-refractivity contribution in [2.75, 3.05) is 0 Å². The van der Waals surface area contributed by atoms with E-state index in [4.69, 9.17) is 0 Å². The first-order valence-corrected chi connectivity index (χ1v) is 6.59. The molecule has 0 saturated heterocycles. The van der Waals surface area contributed by atoms with Gasteiger partial charge in [0.25, 0.3) is 0 Å². The number of rotatable bonds is 9. The van der Waals surface area contributed by atoms with E-state index in [2.05, 4.69) is 18.8 Å². The summed E-state index contributed by atoms with van der Waals surface area (Å²) < 4.78 is 0. The zero-order valence-electron chi connectivity index (χ0n) is 10.8. The van der Waals surface area contributed by atoms with Gasteiger partial charge in [-0.15, -0.1) is 0 Å². The van der Waals surface area contributed by atoms with Crippen LogP contribution in [0.3, 0.4) is 0 Å². The summed E-state index contributed by atoms with van der Waals surface area (Å²) in [4.78, 5) is 10.1. The van der Waals surface area contributed by atoms with Crippen LogP contribution in [-0.4, -0.2) is 17.5 Å². The van der Waals surface area contributed by atoms with E-state index in [0.29, 0.717) is 6.42 Å². The number of carbonyl (C=O) groups excluding carboxylic acids is 1. The maximum atomic E-state index is 10.1. The van der Waals surface area contributed by atoms with Gasteiger partial charge in [-0.2, -0.15) is 0 Å². The number of hydrogen-bond acceptors (Lipinski definition) is 2. The normalized spacial score (nSPS) is 12.1. The van der Waals surface area contributed by atoms with Crippen molar-refractivity contribution in [2.24, 2.45) is 0 Å². The second kappa shape index (κ2) is 13.0. The molecule has 0 rings (SSSR count). The fraction of sp³-hybridized carbons (Fsp3) is 0.667. The molecule has 17 heavy (non-hydrogen) atoms. The standard InChI is InChI=1S/C15H24O2/c1-2-3-9-12-15(17)13-10-7-5-4-6-8-11-14-16/h5,7,14-15,17H,2-4,6,8-9,11-12H2,1H3. The quantitative estimate of drug-likeness (QED) is 0.379. The Labute approximate surface area is 105 Å². The Balaban J connectivity index is 3.50. The summed E-state index contributed by atoms with van der Waals surface area (Å²) in [5.74, 6) is 5.66. The summed E-state index contributed by atoms with van der Waals surface area (Å²) in [6.07, 6.45) is 12.0. The van der Waals surface area contributed by atoms with Gasteiger partial charge in [0.2, 0.25) is 0 Å². The molecule has 0 radical (unpaired) electrons. The van der Waals surface area contributed by atoms with Crippen LogP contribution in [0.2, 0.25) is 0 Å². The summed E-state index contributed by atoms with van der Waals surface area (Å²) in [5.41, 5.74) is 0. The van der Waals surface area contributed by atoms with Gasteiger partial charge in [-0.3, -0.25) is 0 Å². The average molecular weight is 236 g/mol. The molecule has 1 N–H and O–H groups in total. The number of hydrogen-bond donors (Lipinski definition) is 1. The molecule has 96 valence electrons. The van der Waals surface area contributed by atoms with Crippen molar-refractivity contribution in [1.29, 1.82) is 0 Å². The van der Waals surface area contributed by atoms with E-state index in [-0.39, 0.29) is 0 Å². The highest BCUT2D eigenvalue weighted by Gasteiger charge is 1.96. The number of allylic oxidation sites excluding steroid dienone is 2. The smallest absolute Gasteiger partial charge is 0.119 e. The van der Waals surface area contributed by atoms with Crippen LogP contribution >= 0.6 is 0 Å². The van der Waals surface area contributed by atoms with E-state index >= 15 is 0 Å². The maximum Gasteiger partial charge on any atom is 0.119 e. The number of aliphatic hydroxyl groups excluding tert-OH is 1. The molecular formula is C15H24O2. The first kappa shape index (κ1) is 15.9. The molecule has 2 nitrogen and oxygen atoms in total. The zero-order chi connectivity index (χ0) is 12.8. The van der Waals surface area contributed by atoms with E-state index in [1.165, 1.54) is 6.42 Å². The van der Waals surface area contributed by atoms with Crippen LogP contribution in [0, 0.1) is 11.8 Å². The fourth-order valence-corrected chi connectivity index (χ4v) is 1.44. The highest BCUT2D eigenvalue weighted by Crippen LogP contribution is 2.02. The third-order valence-corrected chi connectivity index (χ3v) is 2.48. The molecule has 2 heteroatoms. The molecule has 0 aromatic heterocycles. The number of aldehydes is 1. The summed E-state index contributed by atoms with van der Waals surface area (Å²) in [6.45, 7) is 2.14. The molecule has 0 fully saturated rings. The van der Waals surface area contributed by atoms with E-state index in [0.717, 1.165) is 44.8 Å². The molecule has 0 amide bonds. The molecule has 0 bridgehead atoms. The van der Waals surface area contributed by atoms with Crippen molar-refractivity contribution in [3.8, 4) is 11.8 Å². The van der Waals surface area contributed by atoms with Gasteiger partial charge in [0, 0.05) is 6.42 Å². The van der Waals surface area contributed by atoms with E-state index in [1.807, 2.05) is 6.08 Å². The van der Waals surface area contributed by atoms with Crippen LogP contribution in [0.4, 0.5) is 0 Å². The Kier molecular flexibility index (Phi) is 12.2. The Morgan fingerprint density at radius 1 is 1.18 bits per heavy atom. The number of carbonyl (C=O) groups is 1. The fourth-order valence-electron chi connectivity index (χ4n) is 1.44. The first-order chi connectivity index (χ1) is 8.31. The summed E-state index contributed by atoms with van der Waals surface area (Å²) in [6, 6.07) is 0. The van der Waals surface area contributed by atoms with E-state index in [1.54, 1.807) is 6.08 Å². The second-order valence-corrected chi connectivity index (χ2v) is 4.15. The summed E-state index contributed by atoms with van der Waals surface area (Å²) in [5, 5.41) is 9.50. The van der Waals surface area contributed by atoms with Gasteiger partial charge in [0.15, 0.2) is 0 Å². The van der Waals surface area contributed by atoms with Gasteiger partial charge in [-0.25, -0.2) is 0 Å². The molecule has 0 aliphatic rings. The van der Waals surface area contributed by atoms with Crippen LogP contribution in [0.5, 0.6) is 0 Å². The average Bonchev–Trinajstić information content (AvgIpc) is 2.33. The SMILES string of the molecule is CCCCCC(O)C#CC=CCCCCC=O. The molecule has 0 aliphatic carbocycles. The molecule has 0 spiro atoms. The lowest BCUT2D eigenvalue weighted by molar-refractivity contribution is -0.107. The molecule has 1 unspecified atom stereocenters. The van der Waals surface area contributed by atoms with Crippen LogP contribution in [-0.2, 0) is 4.79 Å². The third kappa shape index (κ3) is 12.9. The first-order valence-electron chi connectivity index (χ1n) is 6.59. The second-order valence-electron chi connectivity index (χ2n) is 4.15. The monoisotopic (exact) mass is 236 g/mol. The Morgan fingerprint density at radius 2 is 1.94 bits per heavy atom. The highest BCUT2D eigenvalue weighted by atomic mass is 16.3. The number of unbranched alkanes of at least 4 members (excludes halogenated alkanes) is 5. The summed E-state index contributed by atoms with van der Waals surface area (Å²) >= 11 is 0. The van der Waals surface area contributed by atoms with Crippen LogP contribution < -0.4 is 0 Å².